The smallest absolute Gasteiger partial charge is 0.170 e. The van der Waals surface area contributed by atoms with Gasteiger partial charge in [-0.3, -0.25) is 4.98 Å². The van der Waals surface area contributed by atoms with Crippen molar-refractivity contribution >= 4 is 23.0 Å². The van der Waals surface area contributed by atoms with E-state index in [0.717, 1.165) is 30.4 Å². The van der Waals surface area contributed by atoms with Gasteiger partial charge in [-0.2, -0.15) is 0 Å². The number of hydrogen-bond acceptors (Lipinski definition) is 4. The largest absolute Gasteiger partial charge is 0.383 e. The van der Waals surface area contributed by atoms with E-state index in [0.29, 0.717) is 6.61 Å². The number of methoxy groups -OCH3 is 1. The van der Waals surface area contributed by atoms with Crippen LogP contribution < -0.4 is 10.2 Å². The normalized spacial score (nSPS) is 17.8. The molecular formula is C27H35N5OS. The Balaban J connectivity index is 1.75. The molecule has 0 spiro atoms. The van der Waals surface area contributed by atoms with Gasteiger partial charge in [-0.05, 0) is 87.9 Å². The van der Waals surface area contributed by atoms with Crippen molar-refractivity contribution < 1.29 is 4.74 Å². The van der Waals surface area contributed by atoms with E-state index in [1.54, 1.807) is 7.11 Å². The lowest BCUT2D eigenvalue weighted by atomic mass is 9.97. The molecule has 0 amide bonds. The van der Waals surface area contributed by atoms with Gasteiger partial charge in [-0.1, -0.05) is 6.07 Å². The van der Waals surface area contributed by atoms with E-state index in [1.165, 1.54) is 28.3 Å². The number of benzene rings is 1. The van der Waals surface area contributed by atoms with Crippen LogP contribution in [0.1, 0.15) is 48.6 Å². The number of ether oxygens (including phenoxy) is 1. The van der Waals surface area contributed by atoms with Gasteiger partial charge in [0.25, 0.3) is 0 Å². The molecule has 1 fully saturated rings. The third-order valence-electron chi connectivity index (χ3n) is 6.76. The predicted octanol–water partition coefficient (Wildman–Crippen LogP) is 4.95. The molecule has 0 unspecified atom stereocenters. The summed E-state index contributed by atoms with van der Waals surface area (Å²) >= 11 is 5.77. The fraction of sp³-hybridized carbons (Fsp3) is 0.407. The van der Waals surface area contributed by atoms with Gasteiger partial charge < -0.3 is 24.4 Å². The minimum Gasteiger partial charge on any atom is -0.383 e. The Bertz CT molecular complexity index is 1110. The average Bonchev–Trinajstić information content (AvgIpc) is 3.34. The summed E-state index contributed by atoms with van der Waals surface area (Å²) in [7, 11) is 1.73. The van der Waals surface area contributed by atoms with E-state index in [9.17, 15) is 0 Å². The molecule has 4 rings (SSSR count). The van der Waals surface area contributed by atoms with Crippen molar-refractivity contribution in [3.8, 4) is 5.69 Å². The van der Waals surface area contributed by atoms with Crippen molar-refractivity contribution in [2.45, 2.75) is 39.8 Å². The third kappa shape index (κ3) is 4.55. The van der Waals surface area contributed by atoms with Gasteiger partial charge in [-0.15, -0.1) is 0 Å². The van der Waals surface area contributed by atoms with Crippen LogP contribution in [-0.4, -0.2) is 52.9 Å². The van der Waals surface area contributed by atoms with Crippen molar-refractivity contribution in [2.24, 2.45) is 0 Å². The van der Waals surface area contributed by atoms with Crippen molar-refractivity contribution in [1.29, 1.82) is 0 Å². The van der Waals surface area contributed by atoms with Gasteiger partial charge in [-0.25, -0.2) is 0 Å². The summed E-state index contributed by atoms with van der Waals surface area (Å²) < 4.78 is 7.74. The van der Waals surface area contributed by atoms with E-state index in [1.807, 2.05) is 18.3 Å². The predicted molar refractivity (Wildman–Crippen MR) is 143 cm³/mol. The maximum absolute atomic E-state index is 5.77. The van der Waals surface area contributed by atoms with E-state index in [-0.39, 0.29) is 12.1 Å². The second kappa shape index (κ2) is 10.6. The first kappa shape index (κ1) is 24.2. The quantitative estimate of drug-likeness (QED) is 0.440. The van der Waals surface area contributed by atoms with Crippen LogP contribution in [0.25, 0.3) is 5.69 Å². The van der Waals surface area contributed by atoms with Crippen molar-refractivity contribution in [1.82, 2.24) is 19.8 Å². The van der Waals surface area contributed by atoms with Crippen LogP contribution in [0.3, 0.4) is 0 Å². The monoisotopic (exact) mass is 477 g/mol. The molecule has 1 aliphatic rings. The fourth-order valence-corrected chi connectivity index (χ4v) is 5.39. The SMILES string of the molecule is CCN(CC)c1ccc(-n2c(C)cc([C@H]3[C@@H](c4ccccn4)NC(=S)N3CCOC)c2C)cc1. The van der Waals surface area contributed by atoms with E-state index < -0.39 is 0 Å². The summed E-state index contributed by atoms with van der Waals surface area (Å²) in [5.74, 6) is 0. The number of hydrogen-bond donors (Lipinski definition) is 1. The van der Waals surface area contributed by atoms with E-state index in [4.69, 9.17) is 17.0 Å². The maximum atomic E-state index is 5.77. The summed E-state index contributed by atoms with van der Waals surface area (Å²) in [6.07, 6.45) is 1.84. The third-order valence-corrected chi connectivity index (χ3v) is 7.11. The highest BCUT2D eigenvalue weighted by Crippen LogP contribution is 2.41. The number of nitrogens with zero attached hydrogens (tertiary/aromatic N) is 4. The number of pyridine rings is 1. The molecular weight excluding hydrogens is 442 g/mol. The van der Waals surface area contributed by atoms with Crippen LogP contribution in [-0.2, 0) is 4.74 Å². The Labute approximate surface area is 208 Å². The highest BCUT2D eigenvalue weighted by atomic mass is 32.1. The molecule has 34 heavy (non-hydrogen) atoms. The summed E-state index contributed by atoms with van der Waals surface area (Å²) in [4.78, 5) is 9.26. The van der Waals surface area contributed by atoms with Crippen LogP contribution in [0.4, 0.5) is 5.69 Å². The lowest BCUT2D eigenvalue weighted by Gasteiger charge is -2.28. The number of rotatable bonds is 9. The maximum Gasteiger partial charge on any atom is 0.170 e. The van der Waals surface area contributed by atoms with Crippen molar-refractivity contribution in [3.05, 3.63) is 77.4 Å². The standard InChI is InChI=1S/C27H35N5OS/c1-6-30(7-2)21-11-13-22(14-12-21)32-19(3)18-23(20(32)4)26-25(24-10-8-9-15-28-24)29-27(34)31(26)16-17-33-5/h8-15,18,25-26H,6-7,16-17H2,1-5H3,(H,29,34)/t25-,26+/m1/s1. The van der Waals surface area contributed by atoms with Crippen LogP contribution in [0.2, 0.25) is 0 Å². The van der Waals surface area contributed by atoms with Crippen LogP contribution in [0, 0.1) is 13.8 Å². The highest BCUT2D eigenvalue weighted by Gasteiger charge is 2.41. The molecule has 180 valence electrons. The second-order valence-corrected chi connectivity index (χ2v) is 9.05. The zero-order valence-electron chi connectivity index (χ0n) is 20.8. The second-order valence-electron chi connectivity index (χ2n) is 8.66. The summed E-state index contributed by atoms with van der Waals surface area (Å²) in [6, 6.07) is 17.2. The van der Waals surface area contributed by atoms with E-state index in [2.05, 4.69) is 88.8 Å². The van der Waals surface area contributed by atoms with Gasteiger partial charge >= 0.3 is 0 Å². The van der Waals surface area contributed by atoms with Crippen molar-refractivity contribution in [2.75, 3.05) is 38.3 Å². The van der Waals surface area contributed by atoms with Gasteiger partial charge in [0, 0.05) is 55.7 Å². The molecule has 0 radical (unpaired) electrons. The highest BCUT2D eigenvalue weighted by molar-refractivity contribution is 7.80. The summed E-state index contributed by atoms with van der Waals surface area (Å²) in [5.41, 5.74) is 7.08. The van der Waals surface area contributed by atoms with Gasteiger partial charge in [0.2, 0.25) is 0 Å². The Hall–Kier alpha value is -2.90. The molecule has 0 bridgehead atoms. The number of nitrogens with one attached hydrogen (secondary N) is 1. The molecule has 0 aliphatic carbocycles. The van der Waals surface area contributed by atoms with E-state index >= 15 is 0 Å². The number of aryl methyl sites for hydroxylation is 1. The molecule has 2 atom stereocenters. The van der Waals surface area contributed by atoms with Crippen molar-refractivity contribution in [3.63, 3.8) is 0 Å². The molecule has 1 N–H and O–H groups in total. The molecule has 0 saturated carbocycles. The van der Waals surface area contributed by atoms with Crippen LogP contribution >= 0.6 is 12.2 Å². The molecule has 6 nitrogen and oxygen atoms in total. The minimum absolute atomic E-state index is 0.0236. The Morgan fingerprint density at radius 2 is 1.82 bits per heavy atom. The first-order valence-electron chi connectivity index (χ1n) is 12.0. The first-order chi connectivity index (χ1) is 16.5. The lowest BCUT2D eigenvalue weighted by Crippen LogP contribution is -2.32. The summed E-state index contributed by atoms with van der Waals surface area (Å²) in [6.45, 7) is 12.1. The zero-order chi connectivity index (χ0) is 24.2. The number of aromatic nitrogens is 2. The van der Waals surface area contributed by atoms with Gasteiger partial charge in [0.15, 0.2) is 5.11 Å². The molecule has 3 aromatic rings. The Morgan fingerprint density at radius 3 is 2.44 bits per heavy atom. The first-order valence-corrected chi connectivity index (χ1v) is 12.4. The molecule has 1 saturated heterocycles. The molecule has 1 aliphatic heterocycles. The summed E-state index contributed by atoms with van der Waals surface area (Å²) in [5, 5.41) is 4.27. The topological polar surface area (TPSA) is 45.6 Å². The van der Waals surface area contributed by atoms with Crippen LogP contribution in [0.15, 0.2) is 54.7 Å². The fourth-order valence-electron chi connectivity index (χ4n) is 5.06. The van der Waals surface area contributed by atoms with Crippen LogP contribution in [0.5, 0.6) is 0 Å². The number of anilines is 1. The molecule has 2 aromatic heterocycles. The molecule has 3 heterocycles. The van der Waals surface area contributed by atoms with Gasteiger partial charge in [0.05, 0.1) is 24.4 Å². The lowest BCUT2D eigenvalue weighted by molar-refractivity contribution is 0.164. The number of thiocarbonyl (C=S) groups is 1. The minimum atomic E-state index is -0.0236. The molecule has 1 aromatic carbocycles. The zero-order valence-corrected chi connectivity index (χ0v) is 21.6. The Morgan fingerprint density at radius 1 is 1.09 bits per heavy atom. The Kier molecular flexibility index (Phi) is 7.54. The molecule has 7 heteroatoms. The van der Waals surface area contributed by atoms with Gasteiger partial charge in [0.1, 0.15) is 0 Å². The average molecular weight is 478 g/mol.